The number of aryl methyl sites for hydroxylation is 1. The Balaban J connectivity index is 2.12. The van der Waals surface area contributed by atoms with E-state index in [1.165, 1.54) is 32.1 Å². The van der Waals surface area contributed by atoms with Gasteiger partial charge in [0.15, 0.2) is 0 Å². The summed E-state index contributed by atoms with van der Waals surface area (Å²) in [6.07, 6.45) is 8.65. The van der Waals surface area contributed by atoms with Crippen molar-refractivity contribution in [3.05, 3.63) is 11.9 Å². The molecule has 4 heteroatoms. The van der Waals surface area contributed by atoms with Crippen molar-refractivity contribution in [2.45, 2.75) is 64.8 Å². The molecule has 1 saturated carbocycles. The highest BCUT2D eigenvalue weighted by atomic mass is 15.1. The molecule has 1 aliphatic rings. The molecule has 0 aromatic carbocycles. The fourth-order valence-electron chi connectivity index (χ4n) is 2.93. The molecule has 2 unspecified atom stereocenters. The quantitative estimate of drug-likeness (QED) is 0.802. The molecule has 0 bridgehead atoms. The predicted octanol–water partition coefficient (Wildman–Crippen LogP) is 3.85. The maximum atomic E-state index is 4.67. The fraction of sp³-hybridized carbons (Fsp3) is 0.750. The molecule has 1 aliphatic carbocycles. The lowest BCUT2D eigenvalue weighted by atomic mass is 9.97. The summed E-state index contributed by atoms with van der Waals surface area (Å²) >= 11 is 0. The predicted molar refractivity (Wildman–Crippen MR) is 85.2 cm³/mol. The Morgan fingerprint density at radius 3 is 2.65 bits per heavy atom. The molecule has 2 rings (SSSR count). The maximum Gasteiger partial charge on any atom is 0.133 e. The van der Waals surface area contributed by atoms with E-state index in [1.807, 2.05) is 13.1 Å². The summed E-state index contributed by atoms with van der Waals surface area (Å²) in [4.78, 5) is 9.18. The highest BCUT2D eigenvalue weighted by molar-refractivity contribution is 5.47. The van der Waals surface area contributed by atoms with Gasteiger partial charge in [0.25, 0.3) is 0 Å². The Labute approximate surface area is 122 Å². The smallest absolute Gasteiger partial charge is 0.133 e. The Hall–Kier alpha value is -1.32. The largest absolute Gasteiger partial charge is 0.373 e. The van der Waals surface area contributed by atoms with Gasteiger partial charge in [-0.3, -0.25) is 0 Å². The van der Waals surface area contributed by atoms with Gasteiger partial charge in [-0.2, -0.15) is 0 Å². The van der Waals surface area contributed by atoms with E-state index in [0.29, 0.717) is 6.04 Å². The lowest BCUT2D eigenvalue weighted by Crippen LogP contribution is -2.27. The molecule has 1 aromatic rings. The maximum absolute atomic E-state index is 4.67. The molecule has 0 spiro atoms. The molecular weight excluding hydrogens is 248 g/mol. The Morgan fingerprint density at radius 2 is 1.90 bits per heavy atom. The van der Waals surface area contributed by atoms with E-state index in [0.717, 1.165) is 36.2 Å². The number of anilines is 2. The van der Waals surface area contributed by atoms with E-state index in [9.17, 15) is 0 Å². The van der Waals surface area contributed by atoms with Crippen molar-refractivity contribution in [3.8, 4) is 0 Å². The third kappa shape index (κ3) is 4.09. The second-order valence-electron chi connectivity index (χ2n) is 5.92. The minimum atomic E-state index is 0.548. The molecule has 0 radical (unpaired) electrons. The van der Waals surface area contributed by atoms with Crippen LogP contribution in [0.15, 0.2) is 6.07 Å². The van der Waals surface area contributed by atoms with Gasteiger partial charge in [-0.15, -0.1) is 0 Å². The Kier molecular flexibility index (Phi) is 5.62. The van der Waals surface area contributed by atoms with Gasteiger partial charge >= 0.3 is 0 Å². The Morgan fingerprint density at radius 1 is 1.15 bits per heavy atom. The normalized spacial score (nSPS) is 23.1. The second-order valence-corrected chi connectivity index (χ2v) is 5.92. The number of rotatable bonds is 5. The van der Waals surface area contributed by atoms with Gasteiger partial charge < -0.3 is 10.6 Å². The van der Waals surface area contributed by atoms with E-state index in [2.05, 4.69) is 34.4 Å². The van der Waals surface area contributed by atoms with Crippen molar-refractivity contribution in [2.75, 3.05) is 17.7 Å². The lowest BCUT2D eigenvalue weighted by molar-refractivity contribution is 0.455. The number of nitrogens with zero attached hydrogens (tertiary/aromatic N) is 2. The van der Waals surface area contributed by atoms with Crippen LogP contribution in [0.1, 0.15) is 58.2 Å². The zero-order valence-electron chi connectivity index (χ0n) is 13.1. The van der Waals surface area contributed by atoms with Crippen LogP contribution in [0.3, 0.4) is 0 Å². The van der Waals surface area contributed by atoms with Gasteiger partial charge in [0.2, 0.25) is 0 Å². The molecule has 112 valence electrons. The van der Waals surface area contributed by atoms with Gasteiger partial charge in [0.1, 0.15) is 17.5 Å². The van der Waals surface area contributed by atoms with E-state index >= 15 is 0 Å². The molecule has 2 N–H and O–H groups in total. The van der Waals surface area contributed by atoms with E-state index in [-0.39, 0.29) is 0 Å². The monoisotopic (exact) mass is 276 g/mol. The molecule has 1 fully saturated rings. The van der Waals surface area contributed by atoms with Crippen LogP contribution in [0, 0.1) is 5.92 Å². The summed E-state index contributed by atoms with van der Waals surface area (Å²) in [5.74, 6) is 3.54. The van der Waals surface area contributed by atoms with Crippen molar-refractivity contribution in [2.24, 2.45) is 5.92 Å². The molecule has 1 aromatic heterocycles. The highest BCUT2D eigenvalue weighted by Gasteiger charge is 2.20. The molecule has 1 heterocycles. The topological polar surface area (TPSA) is 49.8 Å². The minimum Gasteiger partial charge on any atom is -0.373 e. The standard InChI is InChI=1S/C16H28N4/c1-4-8-14-19-15(17-3)11-16(20-14)18-13-10-7-5-6-9-12(13)2/h11-13H,4-10H2,1-3H3,(H2,17,18,19,20). The SMILES string of the molecule is CCCc1nc(NC)cc(NC2CCCCCC2C)n1. The van der Waals surface area contributed by atoms with Crippen molar-refractivity contribution in [1.82, 2.24) is 9.97 Å². The second kappa shape index (κ2) is 7.46. The van der Waals surface area contributed by atoms with Gasteiger partial charge in [-0.1, -0.05) is 33.1 Å². The number of hydrogen-bond acceptors (Lipinski definition) is 4. The summed E-state index contributed by atoms with van der Waals surface area (Å²) in [7, 11) is 1.91. The average Bonchev–Trinajstić information content (AvgIpc) is 2.64. The summed E-state index contributed by atoms with van der Waals surface area (Å²) in [5.41, 5.74) is 0. The van der Waals surface area contributed by atoms with E-state index in [1.54, 1.807) is 0 Å². The Bertz CT molecular complexity index is 419. The molecule has 20 heavy (non-hydrogen) atoms. The first-order valence-electron chi connectivity index (χ1n) is 8.05. The molecule has 0 saturated heterocycles. The number of hydrogen-bond donors (Lipinski definition) is 2. The van der Waals surface area contributed by atoms with Gasteiger partial charge in [0.05, 0.1) is 0 Å². The first-order chi connectivity index (χ1) is 9.72. The number of aromatic nitrogens is 2. The van der Waals surface area contributed by atoms with Crippen LogP contribution in [0.25, 0.3) is 0 Å². The van der Waals surface area contributed by atoms with Crippen molar-refractivity contribution in [1.29, 1.82) is 0 Å². The van der Waals surface area contributed by atoms with E-state index in [4.69, 9.17) is 0 Å². The third-order valence-electron chi connectivity index (χ3n) is 4.20. The highest BCUT2D eigenvalue weighted by Crippen LogP contribution is 2.26. The summed E-state index contributed by atoms with van der Waals surface area (Å²) < 4.78 is 0. The molecular formula is C16H28N4. The van der Waals surface area contributed by atoms with Crippen molar-refractivity contribution in [3.63, 3.8) is 0 Å². The summed E-state index contributed by atoms with van der Waals surface area (Å²) in [6.45, 7) is 4.52. The van der Waals surface area contributed by atoms with Gasteiger partial charge in [-0.05, 0) is 25.2 Å². The minimum absolute atomic E-state index is 0.548. The first kappa shape index (κ1) is 15.1. The van der Waals surface area contributed by atoms with Crippen molar-refractivity contribution < 1.29 is 0 Å². The van der Waals surface area contributed by atoms with Crippen LogP contribution in [-0.4, -0.2) is 23.1 Å². The van der Waals surface area contributed by atoms with Crippen LogP contribution >= 0.6 is 0 Å². The lowest BCUT2D eigenvalue weighted by Gasteiger charge is -2.23. The molecule has 4 nitrogen and oxygen atoms in total. The van der Waals surface area contributed by atoms with E-state index < -0.39 is 0 Å². The zero-order chi connectivity index (χ0) is 14.4. The molecule has 0 aliphatic heterocycles. The van der Waals surface area contributed by atoms with Crippen molar-refractivity contribution >= 4 is 11.6 Å². The van der Waals surface area contributed by atoms with Crippen LogP contribution in [-0.2, 0) is 6.42 Å². The first-order valence-corrected chi connectivity index (χ1v) is 8.05. The third-order valence-corrected chi connectivity index (χ3v) is 4.20. The van der Waals surface area contributed by atoms with Crippen LogP contribution in [0.4, 0.5) is 11.6 Å². The van der Waals surface area contributed by atoms with Crippen LogP contribution in [0.5, 0.6) is 0 Å². The number of nitrogens with one attached hydrogen (secondary N) is 2. The summed E-state index contributed by atoms with van der Waals surface area (Å²) in [5, 5.41) is 6.79. The van der Waals surface area contributed by atoms with Crippen LogP contribution in [0.2, 0.25) is 0 Å². The summed E-state index contributed by atoms with van der Waals surface area (Å²) in [6, 6.07) is 2.57. The van der Waals surface area contributed by atoms with Crippen LogP contribution < -0.4 is 10.6 Å². The molecule has 0 amide bonds. The molecule has 2 atom stereocenters. The zero-order valence-corrected chi connectivity index (χ0v) is 13.1. The van der Waals surface area contributed by atoms with Gasteiger partial charge in [0, 0.05) is 25.6 Å². The average molecular weight is 276 g/mol. The van der Waals surface area contributed by atoms with Gasteiger partial charge in [-0.25, -0.2) is 9.97 Å². The fourth-order valence-corrected chi connectivity index (χ4v) is 2.93.